The Morgan fingerprint density at radius 3 is 2.12 bits per heavy atom. The number of aromatic amines is 1. The van der Waals surface area contributed by atoms with E-state index < -0.39 is 54.1 Å². The molecule has 0 spiro atoms. The van der Waals surface area contributed by atoms with E-state index in [0.717, 1.165) is 22.0 Å². The van der Waals surface area contributed by atoms with E-state index in [9.17, 15) is 43.2 Å². The number of aromatic nitrogens is 1. The average molecular weight is 1150 g/mol. The highest BCUT2D eigenvalue weighted by atomic mass is 16.5. The second-order valence-corrected chi connectivity index (χ2v) is 23.7. The number of carbonyl (C=O) groups is 9. The Labute approximate surface area is 492 Å². The molecule has 3 heterocycles. The first-order valence-electron chi connectivity index (χ1n) is 30.1. The summed E-state index contributed by atoms with van der Waals surface area (Å²) < 4.78 is 18.1. The summed E-state index contributed by atoms with van der Waals surface area (Å²) in [6.07, 6.45) is 7.86. The first kappa shape index (κ1) is 67.4. The summed E-state index contributed by atoms with van der Waals surface area (Å²) in [5, 5.41) is 3.66. The SMILES string of the molecule is CC[C@H](C)[C@@H]([C@@H](CC(=O)N1CCC[C@H]1[C@H](OC)[C@@H](C)C(=O)C[C@@H](Cc1c[nH]c2ccccc12)C(=O)OCc1ccccc1)OC)N(C)C(=O)[C@@H](CC(=O)[C@H](C(C)C)N(C)CCCC(=O)CNC(=O)CCCCCN1C(=O)C=CC1=O)C(C)C. The maximum atomic E-state index is 14.8. The van der Waals surface area contributed by atoms with Gasteiger partial charge in [-0.3, -0.25) is 53.0 Å². The predicted octanol–water partition coefficient (Wildman–Crippen LogP) is 8.09. The van der Waals surface area contributed by atoms with Gasteiger partial charge in [-0.1, -0.05) is 110 Å². The predicted molar refractivity (Wildman–Crippen MR) is 318 cm³/mol. The number of carbonyl (C=O) groups excluding carboxylic acids is 9. The monoisotopic (exact) mass is 1150 g/mol. The van der Waals surface area contributed by atoms with Crippen molar-refractivity contribution in [3.05, 3.63) is 84.1 Å². The molecule has 2 N–H and O–H groups in total. The Kier molecular flexibility index (Phi) is 27.0. The van der Waals surface area contributed by atoms with E-state index in [2.05, 4.69) is 10.3 Å². The van der Waals surface area contributed by atoms with Crippen molar-refractivity contribution in [2.45, 2.75) is 169 Å². The minimum atomic E-state index is -0.773. The molecule has 0 bridgehead atoms. The first-order chi connectivity index (χ1) is 39.6. The number of nitrogens with zero attached hydrogens (tertiary/aromatic N) is 4. The number of methoxy groups -OCH3 is 2. The van der Waals surface area contributed by atoms with Crippen LogP contribution in [0.5, 0.6) is 0 Å². The highest BCUT2D eigenvalue weighted by molar-refractivity contribution is 6.12. The van der Waals surface area contributed by atoms with Gasteiger partial charge in [0, 0.05) is 101 Å². The van der Waals surface area contributed by atoms with Crippen LogP contribution >= 0.6 is 0 Å². The fraction of sp³-hybridized carbons (Fsp3) is 0.615. The largest absolute Gasteiger partial charge is 0.461 e. The number of hydrogen-bond donors (Lipinski definition) is 2. The highest BCUT2D eigenvalue weighted by Crippen LogP contribution is 2.33. The van der Waals surface area contributed by atoms with Crippen LogP contribution in [0, 0.1) is 35.5 Å². The number of rotatable bonds is 37. The summed E-state index contributed by atoms with van der Waals surface area (Å²) in [6, 6.07) is 15.8. The zero-order valence-electron chi connectivity index (χ0n) is 51.2. The molecule has 0 unspecified atom stereocenters. The van der Waals surface area contributed by atoms with Crippen LogP contribution in [-0.4, -0.2) is 162 Å². The number of esters is 1. The second kappa shape index (κ2) is 33.2. The Bertz CT molecular complexity index is 2670. The Morgan fingerprint density at radius 2 is 1.47 bits per heavy atom. The lowest BCUT2D eigenvalue weighted by molar-refractivity contribution is -0.152. The van der Waals surface area contributed by atoms with Gasteiger partial charge >= 0.3 is 5.97 Å². The molecule has 0 aliphatic carbocycles. The van der Waals surface area contributed by atoms with Gasteiger partial charge in [0.25, 0.3) is 11.8 Å². The maximum absolute atomic E-state index is 14.8. The first-order valence-corrected chi connectivity index (χ1v) is 30.1. The third-order valence-corrected chi connectivity index (χ3v) is 17.1. The van der Waals surface area contributed by atoms with Gasteiger partial charge in [-0.25, -0.2) is 0 Å². The standard InChI is InChI=1S/C65H94N6O12/c1-12-44(6)62(69(9)64(79)51(42(2)3)37-55(74)61(43(4)5)68(8)32-21-25-49(72)40-67-57(75)29-17-14-20-33-71-58(76)30-31-59(71)77)56(81-10)38-60(78)70-34-22-28-53(70)63(82-11)45(7)54(73)36-47(65(80)83-41-46-23-15-13-16-24-46)35-48-39-66-52-27-19-18-26-50(48)52/h13,15-16,18-19,23-24,26-27,30-31,39,42-45,47,51,53,56,61-63,66H,12,14,17,20-22,25,28-29,32-38,40-41H2,1-11H3,(H,67,75)/t44-,45-,47+,51-,53-,56+,61-,62-,63+/m0/s1. The van der Waals surface area contributed by atoms with E-state index in [4.69, 9.17) is 14.2 Å². The van der Waals surface area contributed by atoms with Crippen LogP contribution in [0.4, 0.5) is 0 Å². The highest BCUT2D eigenvalue weighted by Gasteiger charge is 2.44. The Morgan fingerprint density at radius 1 is 0.783 bits per heavy atom. The molecule has 83 heavy (non-hydrogen) atoms. The molecule has 9 atom stereocenters. The summed E-state index contributed by atoms with van der Waals surface area (Å²) in [4.78, 5) is 131. The molecule has 1 aromatic heterocycles. The van der Waals surface area contributed by atoms with Gasteiger partial charge in [-0.05, 0) is 87.1 Å². The van der Waals surface area contributed by atoms with Crippen molar-refractivity contribution in [3.63, 3.8) is 0 Å². The number of benzene rings is 2. The molecule has 5 rings (SSSR count). The van der Waals surface area contributed by atoms with E-state index in [1.54, 1.807) is 38.0 Å². The molecule has 1 fully saturated rings. The van der Waals surface area contributed by atoms with Crippen LogP contribution in [-0.2, 0) is 70.4 Å². The van der Waals surface area contributed by atoms with Gasteiger partial charge in [-0.2, -0.15) is 0 Å². The number of likely N-dealkylation sites (tertiary alicyclic amines) is 1. The number of amides is 5. The molecule has 2 aliphatic heterocycles. The number of fused-ring (bicyclic) bond motifs is 1. The van der Waals surface area contributed by atoms with Crippen molar-refractivity contribution >= 4 is 63.8 Å². The molecule has 1 saturated heterocycles. The molecule has 456 valence electrons. The van der Waals surface area contributed by atoms with Crippen LogP contribution in [0.3, 0.4) is 0 Å². The van der Waals surface area contributed by atoms with Crippen LogP contribution in [0.2, 0.25) is 0 Å². The molecular formula is C65H94N6O12. The molecular weight excluding hydrogens is 1060 g/mol. The molecule has 3 aromatic rings. The molecule has 18 nitrogen and oxygen atoms in total. The Hall–Kier alpha value is -6.37. The van der Waals surface area contributed by atoms with E-state index >= 15 is 0 Å². The van der Waals surface area contributed by atoms with Gasteiger partial charge in [-0.15, -0.1) is 0 Å². The normalized spacial score (nSPS) is 17.4. The van der Waals surface area contributed by atoms with E-state index in [-0.39, 0.29) is 116 Å². The lowest BCUT2D eigenvalue weighted by Gasteiger charge is -2.41. The topological polar surface area (TPSA) is 222 Å². The van der Waals surface area contributed by atoms with Gasteiger partial charge in [0.2, 0.25) is 17.7 Å². The minimum absolute atomic E-state index is 0.00206. The molecule has 0 saturated carbocycles. The Balaban J connectivity index is 1.17. The van der Waals surface area contributed by atoms with Crippen molar-refractivity contribution in [1.82, 2.24) is 29.9 Å². The molecule has 18 heteroatoms. The van der Waals surface area contributed by atoms with Crippen molar-refractivity contribution in [1.29, 1.82) is 0 Å². The summed E-state index contributed by atoms with van der Waals surface area (Å²) in [6.45, 7) is 14.9. The number of imide groups is 1. The number of unbranched alkanes of at least 4 members (excludes halogenated alkanes) is 2. The third kappa shape index (κ3) is 19.1. The van der Waals surface area contributed by atoms with Crippen molar-refractivity contribution in [2.75, 3.05) is 54.5 Å². The number of H-pyrrole nitrogens is 1. The summed E-state index contributed by atoms with van der Waals surface area (Å²) >= 11 is 0. The second-order valence-electron chi connectivity index (χ2n) is 23.7. The number of hydrogen-bond acceptors (Lipinski definition) is 13. The van der Waals surface area contributed by atoms with Gasteiger partial charge in [0.15, 0.2) is 11.6 Å². The van der Waals surface area contributed by atoms with Crippen LogP contribution in [0.25, 0.3) is 10.9 Å². The third-order valence-electron chi connectivity index (χ3n) is 17.1. The van der Waals surface area contributed by atoms with Crippen molar-refractivity contribution in [2.24, 2.45) is 35.5 Å². The smallest absolute Gasteiger partial charge is 0.310 e. The van der Waals surface area contributed by atoms with Crippen molar-refractivity contribution in [3.8, 4) is 0 Å². The summed E-state index contributed by atoms with van der Waals surface area (Å²) in [5.74, 6) is -4.64. The molecule has 5 amide bonds. The number of ketones is 3. The van der Waals surface area contributed by atoms with Gasteiger partial charge in [0.05, 0.1) is 49.2 Å². The fourth-order valence-electron chi connectivity index (χ4n) is 12.2. The van der Waals surface area contributed by atoms with Crippen LogP contribution in [0.15, 0.2) is 72.9 Å². The number of likely N-dealkylation sites (N-methyl/N-ethyl adjacent to an activating group) is 2. The number of ether oxygens (including phenoxy) is 3. The maximum Gasteiger partial charge on any atom is 0.310 e. The number of nitrogens with one attached hydrogen (secondary N) is 2. The van der Waals surface area contributed by atoms with E-state index in [1.165, 1.54) is 17.1 Å². The quantitative estimate of drug-likeness (QED) is 0.0317. The number of para-hydroxylation sites is 1. The van der Waals surface area contributed by atoms with Gasteiger partial charge in [0.1, 0.15) is 12.4 Å². The zero-order chi connectivity index (χ0) is 60.9. The van der Waals surface area contributed by atoms with E-state index in [0.29, 0.717) is 64.6 Å². The molecule has 2 aliphatic rings. The van der Waals surface area contributed by atoms with Crippen molar-refractivity contribution < 1.29 is 57.4 Å². The average Bonchev–Trinajstić information content (AvgIpc) is 4.21. The lowest BCUT2D eigenvalue weighted by Crippen LogP contribution is -2.54. The molecule has 2 aromatic carbocycles. The summed E-state index contributed by atoms with van der Waals surface area (Å²) in [7, 11) is 6.69. The lowest BCUT2D eigenvalue weighted by atomic mass is 9.83. The van der Waals surface area contributed by atoms with Crippen LogP contribution < -0.4 is 5.32 Å². The van der Waals surface area contributed by atoms with Gasteiger partial charge < -0.3 is 34.3 Å². The fourth-order valence-corrected chi connectivity index (χ4v) is 12.2. The number of Topliss-reactive ketones (excluding diaryl/α,β-unsaturated/α-hetero) is 3. The van der Waals surface area contributed by atoms with Crippen LogP contribution in [0.1, 0.15) is 137 Å². The minimum Gasteiger partial charge on any atom is -0.461 e. The van der Waals surface area contributed by atoms with E-state index in [1.807, 2.05) is 114 Å². The summed E-state index contributed by atoms with van der Waals surface area (Å²) in [5.41, 5.74) is 2.67. The zero-order valence-corrected chi connectivity index (χ0v) is 51.2. The molecule has 0 radical (unpaired) electrons.